The quantitative estimate of drug-likeness (QED) is 0.477. The lowest BCUT2D eigenvalue weighted by atomic mass is 9.89. The molecule has 0 aromatic heterocycles. The smallest absolute Gasteiger partial charge is 0.316 e. The minimum Gasteiger partial charge on any atom is -0.468 e. The third-order valence-electron chi connectivity index (χ3n) is 1.70. The van der Waals surface area contributed by atoms with E-state index < -0.39 is 5.41 Å². The number of esters is 1. The normalized spacial score (nSPS) is 15.5. The first-order valence-electron chi connectivity index (χ1n) is 3.20. The molecule has 0 aromatic carbocycles. The Balaban J connectivity index is 4.31. The van der Waals surface area contributed by atoms with Crippen LogP contribution in [0.3, 0.4) is 0 Å². The highest BCUT2D eigenvalue weighted by molar-refractivity contribution is 5.93. The van der Waals surface area contributed by atoms with Gasteiger partial charge in [-0.15, -0.1) is 0 Å². The Morgan fingerprint density at radius 2 is 2.30 bits per heavy atom. The van der Waals surface area contributed by atoms with Crippen LogP contribution in [0, 0.1) is 10.8 Å². The molecule has 0 saturated heterocycles. The van der Waals surface area contributed by atoms with E-state index in [1.54, 1.807) is 6.92 Å². The molecule has 58 valence electrons. The molecule has 1 atom stereocenters. The van der Waals surface area contributed by atoms with Crippen molar-refractivity contribution >= 4 is 12.2 Å². The predicted octanol–water partition coefficient (Wildman–Crippen LogP) is 1.23. The topological polar surface area (TPSA) is 50.2 Å². The van der Waals surface area contributed by atoms with Crippen LogP contribution in [-0.4, -0.2) is 19.3 Å². The maximum absolute atomic E-state index is 10.9. The molecule has 0 aliphatic rings. The van der Waals surface area contributed by atoms with Crippen molar-refractivity contribution in [3.8, 4) is 0 Å². The van der Waals surface area contributed by atoms with Crippen molar-refractivity contribution in [3.63, 3.8) is 0 Å². The van der Waals surface area contributed by atoms with Gasteiger partial charge in [-0.3, -0.25) is 4.79 Å². The van der Waals surface area contributed by atoms with Crippen LogP contribution in [0.25, 0.3) is 0 Å². The Morgan fingerprint density at radius 3 is 2.40 bits per heavy atom. The molecule has 0 radical (unpaired) electrons. The predicted molar refractivity (Wildman–Crippen MR) is 39.2 cm³/mol. The van der Waals surface area contributed by atoms with Crippen molar-refractivity contribution in [2.75, 3.05) is 7.11 Å². The number of methoxy groups -OCH3 is 1. The van der Waals surface area contributed by atoms with Gasteiger partial charge in [0, 0.05) is 6.21 Å². The molecule has 0 fully saturated rings. The molecule has 0 aromatic rings. The average Bonchev–Trinajstić information content (AvgIpc) is 2.01. The van der Waals surface area contributed by atoms with E-state index in [0.717, 1.165) is 6.21 Å². The number of carbonyl (C=O) groups excluding carboxylic acids is 1. The lowest BCUT2D eigenvalue weighted by Crippen LogP contribution is -2.29. The van der Waals surface area contributed by atoms with E-state index in [4.69, 9.17) is 5.41 Å². The molecule has 0 saturated carbocycles. The molecular weight excluding hydrogens is 130 g/mol. The van der Waals surface area contributed by atoms with Gasteiger partial charge in [-0.1, -0.05) is 6.92 Å². The Morgan fingerprint density at radius 1 is 1.80 bits per heavy atom. The SMILES string of the molecule is CCC(C)(C=N)C(=O)OC. The maximum Gasteiger partial charge on any atom is 0.316 e. The van der Waals surface area contributed by atoms with E-state index in [2.05, 4.69) is 4.74 Å². The zero-order valence-electron chi connectivity index (χ0n) is 6.60. The van der Waals surface area contributed by atoms with E-state index in [-0.39, 0.29) is 5.97 Å². The zero-order chi connectivity index (χ0) is 8.20. The van der Waals surface area contributed by atoms with Crippen molar-refractivity contribution in [3.05, 3.63) is 0 Å². The summed E-state index contributed by atoms with van der Waals surface area (Å²) in [7, 11) is 1.33. The fourth-order valence-corrected chi connectivity index (χ4v) is 0.538. The fourth-order valence-electron chi connectivity index (χ4n) is 0.538. The highest BCUT2D eigenvalue weighted by atomic mass is 16.5. The van der Waals surface area contributed by atoms with Crippen LogP contribution in [0.2, 0.25) is 0 Å². The first kappa shape index (κ1) is 9.14. The van der Waals surface area contributed by atoms with Gasteiger partial charge >= 0.3 is 5.97 Å². The molecule has 0 rings (SSSR count). The summed E-state index contributed by atoms with van der Waals surface area (Å²) in [5.74, 6) is -0.343. The molecule has 0 amide bonds. The van der Waals surface area contributed by atoms with Crippen LogP contribution in [-0.2, 0) is 9.53 Å². The lowest BCUT2D eigenvalue weighted by Gasteiger charge is -2.18. The summed E-state index contributed by atoms with van der Waals surface area (Å²) in [6.07, 6.45) is 1.72. The number of hydrogen-bond acceptors (Lipinski definition) is 3. The molecule has 0 bridgehead atoms. The average molecular weight is 143 g/mol. The summed E-state index contributed by atoms with van der Waals surface area (Å²) in [6, 6.07) is 0. The molecule has 0 spiro atoms. The van der Waals surface area contributed by atoms with Gasteiger partial charge in [0.05, 0.1) is 12.5 Å². The van der Waals surface area contributed by atoms with Crippen LogP contribution >= 0.6 is 0 Å². The second-order valence-electron chi connectivity index (χ2n) is 2.41. The van der Waals surface area contributed by atoms with Gasteiger partial charge in [0.2, 0.25) is 0 Å². The van der Waals surface area contributed by atoms with E-state index in [0.29, 0.717) is 6.42 Å². The van der Waals surface area contributed by atoms with Crippen LogP contribution in [0.4, 0.5) is 0 Å². The third-order valence-corrected chi connectivity index (χ3v) is 1.70. The Labute approximate surface area is 60.9 Å². The molecule has 0 aliphatic heterocycles. The van der Waals surface area contributed by atoms with Gasteiger partial charge in [-0.2, -0.15) is 0 Å². The Hall–Kier alpha value is -0.860. The van der Waals surface area contributed by atoms with Crippen molar-refractivity contribution in [2.45, 2.75) is 20.3 Å². The molecule has 0 heterocycles. The van der Waals surface area contributed by atoms with Crippen LogP contribution in [0.5, 0.6) is 0 Å². The highest BCUT2D eigenvalue weighted by Gasteiger charge is 2.29. The zero-order valence-corrected chi connectivity index (χ0v) is 6.60. The van der Waals surface area contributed by atoms with Gasteiger partial charge in [-0.05, 0) is 13.3 Å². The van der Waals surface area contributed by atoms with Crippen molar-refractivity contribution in [1.82, 2.24) is 0 Å². The number of hydrogen-bond donors (Lipinski definition) is 1. The number of ether oxygens (including phenoxy) is 1. The monoisotopic (exact) mass is 143 g/mol. The van der Waals surface area contributed by atoms with Gasteiger partial charge in [-0.25, -0.2) is 0 Å². The minimum atomic E-state index is -0.727. The minimum absolute atomic E-state index is 0.343. The van der Waals surface area contributed by atoms with E-state index in [9.17, 15) is 4.79 Å². The molecule has 10 heavy (non-hydrogen) atoms. The van der Waals surface area contributed by atoms with Crippen molar-refractivity contribution in [2.24, 2.45) is 5.41 Å². The van der Waals surface area contributed by atoms with Gasteiger partial charge in [0.25, 0.3) is 0 Å². The third kappa shape index (κ3) is 1.56. The van der Waals surface area contributed by atoms with Crippen LogP contribution in [0.1, 0.15) is 20.3 Å². The molecule has 3 heteroatoms. The summed E-state index contributed by atoms with van der Waals surface area (Å²) in [5, 5.41) is 6.96. The Kier molecular flexibility index (Phi) is 3.06. The standard InChI is InChI=1S/C7H13NO2/c1-4-7(2,5-8)6(9)10-3/h5,8H,4H2,1-3H3. The first-order chi connectivity index (χ1) is 4.60. The van der Waals surface area contributed by atoms with E-state index >= 15 is 0 Å². The molecule has 1 unspecified atom stereocenters. The highest BCUT2D eigenvalue weighted by Crippen LogP contribution is 2.18. The number of rotatable bonds is 3. The lowest BCUT2D eigenvalue weighted by molar-refractivity contribution is -0.147. The van der Waals surface area contributed by atoms with Crippen molar-refractivity contribution < 1.29 is 9.53 Å². The summed E-state index contributed by atoms with van der Waals surface area (Å²) in [6.45, 7) is 3.54. The number of carbonyl (C=O) groups is 1. The van der Waals surface area contributed by atoms with Crippen LogP contribution in [0.15, 0.2) is 0 Å². The van der Waals surface area contributed by atoms with E-state index in [1.165, 1.54) is 7.11 Å². The molecule has 1 N–H and O–H groups in total. The van der Waals surface area contributed by atoms with Crippen molar-refractivity contribution in [1.29, 1.82) is 5.41 Å². The van der Waals surface area contributed by atoms with Gasteiger partial charge in [0.15, 0.2) is 0 Å². The fraction of sp³-hybridized carbons (Fsp3) is 0.714. The second-order valence-corrected chi connectivity index (χ2v) is 2.41. The van der Waals surface area contributed by atoms with Gasteiger partial charge in [0.1, 0.15) is 0 Å². The molecular formula is C7H13NO2. The molecule has 3 nitrogen and oxygen atoms in total. The summed E-state index contributed by atoms with van der Waals surface area (Å²) >= 11 is 0. The first-order valence-corrected chi connectivity index (χ1v) is 3.20. The maximum atomic E-state index is 10.9. The summed E-state index contributed by atoms with van der Waals surface area (Å²) in [4.78, 5) is 10.9. The van der Waals surface area contributed by atoms with Gasteiger partial charge < -0.3 is 10.1 Å². The molecule has 0 aliphatic carbocycles. The van der Waals surface area contributed by atoms with Crippen LogP contribution < -0.4 is 0 Å². The second kappa shape index (κ2) is 3.34. The summed E-state index contributed by atoms with van der Waals surface area (Å²) in [5.41, 5.74) is -0.727. The Bertz CT molecular complexity index is 145. The largest absolute Gasteiger partial charge is 0.468 e. The number of nitrogens with one attached hydrogen (secondary N) is 1. The van der Waals surface area contributed by atoms with E-state index in [1.807, 2.05) is 6.92 Å². The summed E-state index contributed by atoms with van der Waals surface area (Å²) < 4.78 is 4.51.